The predicted octanol–water partition coefficient (Wildman–Crippen LogP) is 3.12. The van der Waals surface area contributed by atoms with Gasteiger partial charge in [0.1, 0.15) is 0 Å². The van der Waals surface area contributed by atoms with Gasteiger partial charge in [0, 0.05) is 17.7 Å². The van der Waals surface area contributed by atoms with Gasteiger partial charge in [-0.05, 0) is 0 Å². The molecule has 0 aliphatic heterocycles. The van der Waals surface area contributed by atoms with Gasteiger partial charge in [-0.1, -0.05) is 40.5 Å². The summed E-state index contributed by atoms with van der Waals surface area (Å²) in [5.74, 6) is 0.254. The van der Waals surface area contributed by atoms with E-state index in [0.29, 0.717) is 5.56 Å². The molecule has 0 fully saturated rings. The molecule has 17 heavy (non-hydrogen) atoms. The van der Waals surface area contributed by atoms with Crippen molar-refractivity contribution in [3.8, 4) is 11.4 Å². The third kappa shape index (κ3) is 2.54. The first-order valence-electron chi connectivity index (χ1n) is 4.44. The van der Waals surface area contributed by atoms with E-state index in [1.54, 1.807) is 6.07 Å². The summed E-state index contributed by atoms with van der Waals surface area (Å²) in [6, 6.07) is 5.87. The number of hydrogen-bond donors (Lipinski definition) is 0. The summed E-state index contributed by atoms with van der Waals surface area (Å²) < 4.78 is 4.79. The molecule has 0 aliphatic rings. The standard InChI is InChI=1S/C9H5Cl2N3O3/c10-7(11)9-12-8(13-17-9)5-2-1-3-6(4-5)14(15)16/h1-4,7H. The minimum Gasteiger partial charge on any atom is -0.336 e. The fourth-order valence-corrected chi connectivity index (χ4v) is 1.38. The molecule has 0 aliphatic carbocycles. The van der Waals surface area contributed by atoms with E-state index in [2.05, 4.69) is 10.1 Å². The molecule has 6 nitrogen and oxygen atoms in total. The molecule has 1 heterocycles. The van der Waals surface area contributed by atoms with E-state index in [-0.39, 0.29) is 17.4 Å². The van der Waals surface area contributed by atoms with Crippen molar-refractivity contribution in [2.24, 2.45) is 0 Å². The Balaban J connectivity index is 2.38. The number of halogens is 2. The Bertz CT molecular complexity index is 556. The summed E-state index contributed by atoms with van der Waals surface area (Å²) in [6.07, 6.45) is 0. The van der Waals surface area contributed by atoms with Gasteiger partial charge in [-0.2, -0.15) is 4.98 Å². The van der Waals surface area contributed by atoms with E-state index >= 15 is 0 Å². The third-order valence-electron chi connectivity index (χ3n) is 1.94. The van der Waals surface area contributed by atoms with Crippen LogP contribution in [0.3, 0.4) is 0 Å². The molecule has 0 spiro atoms. The summed E-state index contributed by atoms with van der Waals surface area (Å²) in [5.41, 5.74) is 0.408. The molecule has 1 aromatic heterocycles. The highest BCUT2D eigenvalue weighted by atomic mass is 35.5. The zero-order chi connectivity index (χ0) is 12.4. The monoisotopic (exact) mass is 273 g/mol. The number of nitrogens with zero attached hydrogens (tertiary/aromatic N) is 3. The lowest BCUT2D eigenvalue weighted by atomic mass is 10.2. The molecule has 0 amide bonds. The summed E-state index contributed by atoms with van der Waals surface area (Å²) >= 11 is 11.1. The Morgan fingerprint density at radius 1 is 1.41 bits per heavy atom. The molecule has 0 atom stereocenters. The summed E-state index contributed by atoms with van der Waals surface area (Å²) in [4.78, 5) is 13.1. The minimum absolute atomic E-state index is 0.0508. The maximum Gasteiger partial charge on any atom is 0.270 e. The zero-order valence-corrected chi connectivity index (χ0v) is 9.72. The topological polar surface area (TPSA) is 82.1 Å². The average molecular weight is 274 g/mol. The number of nitro groups is 1. The maximum absolute atomic E-state index is 10.6. The predicted molar refractivity (Wildman–Crippen MR) is 60.8 cm³/mol. The molecule has 0 N–H and O–H groups in total. The van der Waals surface area contributed by atoms with Gasteiger partial charge in [-0.3, -0.25) is 10.1 Å². The van der Waals surface area contributed by atoms with Gasteiger partial charge in [0.05, 0.1) is 4.92 Å². The number of non-ortho nitro benzene ring substituents is 1. The maximum atomic E-state index is 10.6. The van der Waals surface area contributed by atoms with Crippen molar-refractivity contribution >= 4 is 28.9 Å². The van der Waals surface area contributed by atoms with Gasteiger partial charge in [0.15, 0.2) is 4.84 Å². The van der Waals surface area contributed by atoms with Crippen LogP contribution in [0.5, 0.6) is 0 Å². The van der Waals surface area contributed by atoms with Gasteiger partial charge in [-0.15, -0.1) is 0 Å². The van der Waals surface area contributed by atoms with E-state index in [9.17, 15) is 10.1 Å². The Morgan fingerprint density at radius 3 is 2.76 bits per heavy atom. The van der Waals surface area contributed by atoms with Crippen molar-refractivity contribution in [3.05, 3.63) is 40.3 Å². The van der Waals surface area contributed by atoms with Crippen molar-refractivity contribution in [2.75, 3.05) is 0 Å². The number of alkyl halides is 2. The van der Waals surface area contributed by atoms with Gasteiger partial charge < -0.3 is 4.52 Å². The van der Waals surface area contributed by atoms with Crippen molar-refractivity contribution in [1.82, 2.24) is 10.1 Å². The van der Waals surface area contributed by atoms with Crippen LogP contribution in [-0.4, -0.2) is 15.1 Å². The molecule has 8 heteroatoms. The van der Waals surface area contributed by atoms with Crippen LogP contribution in [0.2, 0.25) is 0 Å². The molecule has 1 aromatic carbocycles. The number of hydrogen-bond acceptors (Lipinski definition) is 5. The Labute approximate surface area is 105 Å². The molecule has 2 aromatic rings. The van der Waals surface area contributed by atoms with Crippen LogP contribution < -0.4 is 0 Å². The summed E-state index contributed by atoms with van der Waals surface area (Å²) in [7, 11) is 0. The number of rotatable bonds is 3. The molecule has 88 valence electrons. The molecule has 0 radical (unpaired) electrons. The number of aromatic nitrogens is 2. The molecular formula is C9H5Cl2N3O3. The van der Waals surface area contributed by atoms with Gasteiger partial charge in [0.2, 0.25) is 5.82 Å². The smallest absolute Gasteiger partial charge is 0.270 e. The second-order valence-electron chi connectivity index (χ2n) is 3.06. The normalized spacial score (nSPS) is 10.8. The molecule has 2 rings (SSSR count). The highest BCUT2D eigenvalue weighted by Crippen LogP contribution is 2.26. The van der Waals surface area contributed by atoms with Gasteiger partial charge in [0.25, 0.3) is 11.6 Å². The lowest BCUT2D eigenvalue weighted by Crippen LogP contribution is -1.89. The molecular weight excluding hydrogens is 269 g/mol. The van der Waals surface area contributed by atoms with Crippen molar-refractivity contribution in [2.45, 2.75) is 4.84 Å². The summed E-state index contributed by atoms with van der Waals surface area (Å²) in [6.45, 7) is 0. The zero-order valence-electron chi connectivity index (χ0n) is 8.21. The second-order valence-corrected chi connectivity index (χ2v) is 4.16. The highest BCUT2D eigenvalue weighted by Gasteiger charge is 2.16. The Morgan fingerprint density at radius 2 is 2.18 bits per heavy atom. The van der Waals surface area contributed by atoms with Crippen LogP contribution in [-0.2, 0) is 0 Å². The first-order chi connectivity index (χ1) is 8.08. The SMILES string of the molecule is O=[N+]([O-])c1cccc(-c2noc(C(Cl)Cl)n2)c1. The molecule has 0 unspecified atom stereocenters. The van der Waals surface area contributed by atoms with Crippen LogP contribution in [0.15, 0.2) is 28.8 Å². The third-order valence-corrected chi connectivity index (χ3v) is 2.32. The average Bonchev–Trinajstić information content (AvgIpc) is 2.78. The Hall–Kier alpha value is -1.66. The van der Waals surface area contributed by atoms with Crippen LogP contribution in [0, 0.1) is 10.1 Å². The molecule has 0 saturated carbocycles. The summed E-state index contributed by atoms with van der Waals surface area (Å²) in [5, 5.41) is 14.2. The van der Waals surface area contributed by atoms with Crippen molar-refractivity contribution in [3.63, 3.8) is 0 Å². The van der Waals surface area contributed by atoms with E-state index < -0.39 is 9.76 Å². The second kappa shape index (κ2) is 4.68. The number of nitro benzene ring substituents is 1. The fourth-order valence-electron chi connectivity index (χ4n) is 1.20. The first-order valence-corrected chi connectivity index (χ1v) is 5.32. The largest absolute Gasteiger partial charge is 0.336 e. The van der Waals surface area contributed by atoms with Crippen LogP contribution in [0.1, 0.15) is 10.7 Å². The van der Waals surface area contributed by atoms with E-state index in [1.807, 2.05) is 0 Å². The minimum atomic E-state index is -0.921. The van der Waals surface area contributed by atoms with Crippen LogP contribution in [0.25, 0.3) is 11.4 Å². The van der Waals surface area contributed by atoms with Crippen molar-refractivity contribution < 1.29 is 9.45 Å². The quantitative estimate of drug-likeness (QED) is 0.487. The fraction of sp³-hybridized carbons (Fsp3) is 0.111. The van der Waals surface area contributed by atoms with Crippen LogP contribution in [0.4, 0.5) is 5.69 Å². The van der Waals surface area contributed by atoms with E-state index in [4.69, 9.17) is 27.7 Å². The highest BCUT2D eigenvalue weighted by molar-refractivity contribution is 6.43. The molecule has 0 bridgehead atoms. The number of benzene rings is 1. The van der Waals surface area contributed by atoms with Gasteiger partial charge >= 0.3 is 0 Å². The molecule has 0 saturated heterocycles. The van der Waals surface area contributed by atoms with E-state index in [0.717, 1.165) is 0 Å². The lowest BCUT2D eigenvalue weighted by molar-refractivity contribution is -0.384. The van der Waals surface area contributed by atoms with Crippen LogP contribution >= 0.6 is 23.2 Å². The Kier molecular flexibility index (Phi) is 3.26. The van der Waals surface area contributed by atoms with Gasteiger partial charge in [-0.25, -0.2) is 0 Å². The van der Waals surface area contributed by atoms with E-state index in [1.165, 1.54) is 18.2 Å². The first kappa shape index (κ1) is 11.8. The van der Waals surface area contributed by atoms with Crippen molar-refractivity contribution in [1.29, 1.82) is 0 Å². The lowest BCUT2D eigenvalue weighted by Gasteiger charge is -1.94.